The van der Waals surface area contributed by atoms with E-state index in [2.05, 4.69) is 64.4 Å². The van der Waals surface area contributed by atoms with Gasteiger partial charge in [0, 0.05) is 27.7 Å². The number of benzene rings is 1. The Bertz CT molecular complexity index is 419. The minimum absolute atomic E-state index is 0.622. The Kier molecular flexibility index (Phi) is 5.00. The maximum Gasteiger partial charge on any atom is 0.0130 e. The molecule has 0 saturated carbocycles. The highest BCUT2D eigenvalue weighted by molar-refractivity contribution is 14.1. The molecule has 2 nitrogen and oxygen atoms in total. The van der Waals surface area contributed by atoms with Gasteiger partial charge in [0.05, 0.1) is 0 Å². The summed E-state index contributed by atoms with van der Waals surface area (Å²) in [7, 11) is 0. The Morgan fingerprint density at radius 1 is 1.20 bits per heavy atom. The summed E-state index contributed by atoms with van der Waals surface area (Å²) in [4.78, 5) is 0. The lowest BCUT2D eigenvalue weighted by Gasteiger charge is -2.32. The highest BCUT2D eigenvalue weighted by Gasteiger charge is 2.33. The predicted octanol–water partition coefficient (Wildman–Crippen LogP) is 3.48. The van der Waals surface area contributed by atoms with Crippen LogP contribution < -0.4 is 10.6 Å². The van der Waals surface area contributed by atoms with Crippen LogP contribution in [-0.4, -0.2) is 24.2 Å². The van der Waals surface area contributed by atoms with Gasteiger partial charge in [0.1, 0.15) is 0 Å². The third-order valence-corrected chi connectivity index (χ3v) is 5.49. The first kappa shape index (κ1) is 14.8. The standard InChI is InChI=1S/C17H25IN2/c1-12(2-3-13-4-6-14(18)7-5-13)19-17-10-15-8-9-16(11-17)20-15/h4-7,12,15-17,19-20H,2-3,8-11H2,1H3. The van der Waals surface area contributed by atoms with Crippen molar-refractivity contribution in [3.05, 3.63) is 33.4 Å². The summed E-state index contributed by atoms with van der Waals surface area (Å²) in [6.07, 6.45) is 7.84. The fourth-order valence-corrected chi connectivity index (χ4v) is 4.07. The summed E-state index contributed by atoms with van der Waals surface area (Å²) >= 11 is 2.37. The molecule has 2 aliphatic rings. The molecule has 1 aromatic carbocycles. The van der Waals surface area contributed by atoms with Crippen LogP contribution in [0.3, 0.4) is 0 Å². The summed E-state index contributed by atoms with van der Waals surface area (Å²) in [5.41, 5.74) is 1.46. The summed E-state index contributed by atoms with van der Waals surface area (Å²) in [6.45, 7) is 2.34. The van der Waals surface area contributed by atoms with Crippen molar-refractivity contribution >= 4 is 22.6 Å². The van der Waals surface area contributed by atoms with E-state index in [9.17, 15) is 0 Å². The first-order chi connectivity index (χ1) is 9.69. The second-order valence-corrected chi connectivity index (χ2v) is 7.78. The normalized spacial score (nSPS) is 30.4. The zero-order valence-electron chi connectivity index (χ0n) is 12.2. The maximum absolute atomic E-state index is 3.86. The van der Waals surface area contributed by atoms with Gasteiger partial charge in [0.15, 0.2) is 0 Å². The van der Waals surface area contributed by atoms with Gasteiger partial charge in [-0.05, 0) is 85.7 Å². The molecule has 2 aliphatic heterocycles. The first-order valence-corrected chi connectivity index (χ1v) is 9.03. The fraction of sp³-hybridized carbons (Fsp3) is 0.647. The lowest BCUT2D eigenvalue weighted by molar-refractivity contribution is 0.294. The van der Waals surface area contributed by atoms with Crippen molar-refractivity contribution in [3.8, 4) is 0 Å². The molecule has 20 heavy (non-hydrogen) atoms. The van der Waals surface area contributed by atoms with Crippen molar-refractivity contribution < 1.29 is 0 Å². The molecule has 3 rings (SSSR count). The van der Waals surface area contributed by atoms with Crippen molar-refractivity contribution in [1.82, 2.24) is 10.6 Å². The minimum atomic E-state index is 0.622. The Labute approximate surface area is 136 Å². The van der Waals surface area contributed by atoms with Gasteiger partial charge in [-0.25, -0.2) is 0 Å². The van der Waals surface area contributed by atoms with Crippen LogP contribution in [0.5, 0.6) is 0 Å². The van der Waals surface area contributed by atoms with Crippen molar-refractivity contribution in [2.24, 2.45) is 0 Å². The Morgan fingerprint density at radius 2 is 1.85 bits per heavy atom. The summed E-state index contributed by atoms with van der Waals surface area (Å²) < 4.78 is 1.32. The number of halogens is 1. The lowest BCUT2D eigenvalue weighted by Crippen LogP contribution is -2.48. The van der Waals surface area contributed by atoms with Gasteiger partial charge in [0.2, 0.25) is 0 Å². The lowest BCUT2D eigenvalue weighted by atomic mass is 9.98. The molecule has 2 saturated heterocycles. The molecule has 0 aromatic heterocycles. The van der Waals surface area contributed by atoms with Crippen molar-refractivity contribution in [3.63, 3.8) is 0 Å². The zero-order valence-corrected chi connectivity index (χ0v) is 14.4. The average molecular weight is 384 g/mol. The maximum atomic E-state index is 3.86. The molecule has 2 heterocycles. The zero-order chi connectivity index (χ0) is 13.9. The molecular weight excluding hydrogens is 359 g/mol. The molecule has 0 aliphatic carbocycles. The second kappa shape index (κ2) is 6.75. The molecule has 3 unspecified atom stereocenters. The quantitative estimate of drug-likeness (QED) is 0.760. The fourth-order valence-electron chi connectivity index (χ4n) is 3.71. The monoisotopic (exact) mass is 384 g/mol. The first-order valence-electron chi connectivity index (χ1n) is 7.95. The molecule has 3 atom stereocenters. The van der Waals surface area contributed by atoms with Crippen LogP contribution in [0.4, 0.5) is 0 Å². The number of fused-ring (bicyclic) bond motifs is 2. The van der Waals surface area contributed by atoms with Crippen LogP contribution in [0.1, 0.15) is 44.6 Å². The SMILES string of the molecule is CC(CCc1ccc(I)cc1)NC1CC2CCC(C1)N2. The van der Waals surface area contributed by atoms with E-state index in [1.54, 1.807) is 0 Å². The van der Waals surface area contributed by atoms with Gasteiger partial charge in [0.25, 0.3) is 0 Å². The van der Waals surface area contributed by atoms with Gasteiger partial charge in [-0.15, -0.1) is 0 Å². The molecule has 0 radical (unpaired) electrons. The number of aryl methyl sites for hydroxylation is 1. The van der Waals surface area contributed by atoms with E-state index < -0.39 is 0 Å². The molecule has 2 N–H and O–H groups in total. The van der Waals surface area contributed by atoms with E-state index >= 15 is 0 Å². The molecule has 0 spiro atoms. The van der Waals surface area contributed by atoms with Crippen molar-refractivity contribution in [2.75, 3.05) is 0 Å². The Hall–Kier alpha value is -0.130. The third-order valence-electron chi connectivity index (χ3n) is 4.77. The Morgan fingerprint density at radius 3 is 2.50 bits per heavy atom. The van der Waals surface area contributed by atoms with Crippen LogP contribution >= 0.6 is 22.6 Å². The molecule has 110 valence electrons. The number of rotatable bonds is 5. The van der Waals surface area contributed by atoms with Gasteiger partial charge >= 0.3 is 0 Å². The summed E-state index contributed by atoms with van der Waals surface area (Å²) in [5, 5.41) is 7.58. The molecule has 3 heteroatoms. The van der Waals surface area contributed by atoms with E-state index in [0.717, 1.165) is 18.1 Å². The molecule has 2 fully saturated rings. The average Bonchev–Trinajstić information content (AvgIpc) is 2.77. The van der Waals surface area contributed by atoms with Gasteiger partial charge < -0.3 is 10.6 Å². The number of hydrogen-bond acceptors (Lipinski definition) is 2. The highest BCUT2D eigenvalue weighted by Crippen LogP contribution is 2.27. The predicted molar refractivity (Wildman–Crippen MR) is 93.0 cm³/mol. The van der Waals surface area contributed by atoms with Crippen LogP contribution in [0, 0.1) is 3.57 Å². The molecule has 1 aromatic rings. The number of hydrogen-bond donors (Lipinski definition) is 2. The summed E-state index contributed by atoms with van der Waals surface area (Å²) in [5.74, 6) is 0. The molecule has 0 amide bonds. The van der Waals surface area contributed by atoms with E-state index in [1.165, 1.54) is 47.7 Å². The largest absolute Gasteiger partial charge is 0.311 e. The van der Waals surface area contributed by atoms with E-state index in [4.69, 9.17) is 0 Å². The number of nitrogens with one attached hydrogen (secondary N) is 2. The smallest absolute Gasteiger partial charge is 0.0130 e. The van der Waals surface area contributed by atoms with Crippen molar-refractivity contribution in [2.45, 2.75) is 69.6 Å². The van der Waals surface area contributed by atoms with E-state index in [1.807, 2.05) is 0 Å². The summed E-state index contributed by atoms with van der Waals surface area (Å²) in [6, 6.07) is 11.9. The molecular formula is C17H25IN2. The second-order valence-electron chi connectivity index (χ2n) is 6.54. The van der Waals surface area contributed by atoms with Gasteiger partial charge in [-0.3, -0.25) is 0 Å². The highest BCUT2D eigenvalue weighted by atomic mass is 127. The van der Waals surface area contributed by atoms with Crippen molar-refractivity contribution in [1.29, 1.82) is 0 Å². The Balaban J connectivity index is 1.43. The van der Waals surface area contributed by atoms with Gasteiger partial charge in [-0.1, -0.05) is 12.1 Å². The van der Waals surface area contributed by atoms with Crippen LogP contribution in [0.25, 0.3) is 0 Å². The molecule has 2 bridgehead atoms. The van der Waals surface area contributed by atoms with E-state index in [0.29, 0.717) is 6.04 Å². The number of piperidine rings is 1. The van der Waals surface area contributed by atoms with Crippen LogP contribution in [-0.2, 0) is 6.42 Å². The topological polar surface area (TPSA) is 24.1 Å². The van der Waals surface area contributed by atoms with Crippen LogP contribution in [0.2, 0.25) is 0 Å². The third kappa shape index (κ3) is 3.95. The van der Waals surface area contributed by atoms with E-state index in [-0.39, 0.29) is 0 Å². The van der Waals surface area contributed by atoms with Crippen LogP contribution in [0.15, 0.2) is 24.3 Å². The minimum Gasteiger partial charge on any atom is -0.311 e. The van der Waals surface area contributed by atoms with Gasteiger partial charge in [-0.2, -0.15) is 0 Å².